The summed E-state index contributed by atoms with van der Waals surface area (Å²) < 4.78 is 13.1. The second-order valence-electron chi connectivity index (χ2n) is 6.37. The molecule has 136 valence electrons. The standard InChI is InChI=1S/C15H21N5O4S/c1-7-9(2-3-23-7)25-4-8-11(21)12(22)15(24-8)20-6-19-10-13(16)17-5-18-14(10)20/h5-9,11-12,15,21-22H,2-4H2,1H3,(H2,16,17,18)/t7?,8?,9?,11-,12-,15?/m1/s1. The molecule has 0 bridgehead atoms. The molecule has 10 heteroatoms. The average Bonchev–Trinajstić information content (AvgIpc) is 3.27. The molecule has 4 unspecified atom stereocenters. The van der Waals surface area contributed by atoms with E-state index in [1.807, 2.05) is 0 Å². The minimum absolute atomic E-state index is 0.196. The van der Waals surface area contributed by atoms with Crippen molar-refractivity contribution in [1.29, 1.82) is 0 Å². The molecule has 6 atom stereocenters. The lowest BCUT2D eigenvalue weighted by molar-refractivity contribution is -0.0289. The number of hydrogen-bond donors (Lipinski definition) is 3. The number of hydrogen-bond acceptors (Lipinski definition) is 9. The highest BCUT2D eigenvalue weighted by atomic mass is 32.2. The lowest BCUT2D eigenvalue weighted by Gasteiger charge is -2.18. The van der Waals surface area contributed by atoms with Crippen LogP contribution in [0.15, 0.2) is 12.7 Å². The van der Waals surface area contributed by atoms with Crippen molar-refractivity contribution in [3.63, 3.8) is 0 Å². The van der Waals surface area contributed by atoms with E-state index >= 15 is 0 Å². The van der Waals surface area contributed by atoms with Crippen molar-refractivity contribution in [3.8, 4) is 0 Å². The number of nitrogen functional groups attached to an aromatic ring is 1. The number of aliphatic hydroxyl groups is 2. The van der Waals surface area contributed by atoms with Gasteiger partial charge in [-0.05, 0) is 13.3 Å². The van der Waals surface area contributed by atoms with Gasteiger partial charge in [0.1, 0.15) is 24.1 Å². The second-order valence-corrected chi connectivity index (χ2v) is 7.64. The summed E-state index contributed by atoms with van der Waals surface area (Å²) in [7, 11) is 0. The zero-order valence-corrected chi connectivity index (χ0v) is 14.5. The van der Waals surface area contributed by atoms with Crippen LogP contribution < -0.4 is 5.73 Å². The van der Waals surface area contributed by atoms with Crippen LogP contribution in [-0.4, -0.2) is 71.8 Å². The molecule has 9 nitrogen and oxygen atoms in total. The SMILES string of the molecule is CC1OCCC1SCC1OC(n2cnc3c(N)ncnc32)[C@H](O)[C@@H]1O. The van der Waals surface area contributed by atoms with E-state index in [2.05, 4.69) is 21.9 Å². The molecule has 2 fully saturated rings. The first-order chi connectivity index (χ1) is 12.1. The van der Waals surface area contributed by atoms with Crippen LogP contribution in [0.4, 0.5) is 5.82 Å². The first kappa shape index (κ1) is 17.0. The van der Waals surface area contributed by atoms with Crippen LogP contribution in [-0.2, 0) is 9.47 Å². The molecule has 2 aliphatic heterocycles. The van der Waals surface area contributed by atoms with Crippen LogP contribution in [0, 0.1) is 0 Å². The summed E-state index contributed by atoms with van der Waals surface area (Å²) in [5.74, 6) is 0.843. The maximum atomic E-state index is 10.4. The number of aromatic nitrogens is 4. The normalized spacial score (nSPS) is 35.6. The van der Waals surface area contributed by atoms with Crippen molar-refractivity contribution >= 4 is 28.7 Å². The van der Waals surface area contributed by atoms with Crippen molar-refractivity contribution < 1.29 is 19.7 Å². The van der Waals surface area contributed by atoms with Crippen LogP contribution >= 0.6 is 11.8 Å². The van der Waals surface area contributed by atoms with Crippen molar-refractivity contribution in [2.24, 2.45) is 0 Å². The lowest BCUT2D eigenvalue weighted by Crippen LogP contribution is -2.33. The minimum atomic E-state index is -1.07. The van der Waals surface area contributed by atoms with E-state index in [9.17, 15) is 10.2 Å². The fourth-order valence-corrected chi connectivity index (χ4v) is 4.63. The molecule has 25 heavy (non-hydrogen) atoms. The zero-order valence-electron chi connectivity index (χ0n) is 13.7. The van der Waals surface area contributed by atoms with E-state index in [-0.39, 0.29) is 11.9 Å². The highest BCUT2D eigenvalue weighted by molar-refractivity contribution is 8.00. The fourth-order valence-electron chi connectivity index (χ4n) is 3.30. The first-order valence-electron chi connectivity index (χ1n) is 8.24. The van der Waals surface area contributed by atoms with Crippen molar-refractivity contribution in [2.75, 3.05) is 18.1 Å². The number of fused-ring (bicyclic) bond motifs is 1. The molecule has 4 heterocycles. The molecule has 0 amide bonds. The summed E-state index contributed by atoms with van der Waals surface area (Å²) in [5.41, 5.74) is 6.71. The predicted molar refractivity (Wildman–Crippen MR) is 91.9 cm³/mol. The smallest absolute Gasteiger partial charge is 0.167 e. The monoisotopic (exact) mass is 367 g/mol. The number of aliphatic hydroxyl groups excluding tert-OH is 2. The molecule has 2 aliphatic rings. The number of rotatable bonds is 4. The van der Waals surface area contributed by atoms with Gasteiger partial charge in [-0.15, -0.1) is 0 Å². The number of ether oxygens (including phenoxy) is 2. The molecule has 4 N–H and O–H groups in total. The number of imidazole rings is 1. The minimum Gasteiger partial charge on any atom is -0.387 e. The molecule has 2 saturated heterocycles. The highest BCUT2D eigenvalue weighted by Gasteiger charge is 2.44. The molecular weight excluding hydrogens is 346 g/mol. The lowest BCUT2D eigenvalue weighted by atomic mass is 10.1. The molecule has 4 rings (SSSR count). The molecule has 0 saturated carbocycles. The molecule has 0 aromatic carbocycles. The Morgan fingerprint density at radius 1 is 1.32 bits per heavy atom. The zero-order chi connectivity index (χ0) is 17.6. The van der Waals surface area contributed by atoms with Gasteiger partial charge in [-0.3, -0.25) is 4.57 Å². The number of nitrogens with two attached hydrogens (primary N) is 1. The van der Waals surface area contributed by atoms with Crippen molar-refractivity contribution in [2.45, 2.75) is 49.2 Å². The summed E-state index contributed by atoms with van der Waals surface area (Å²) in [6, 6.07) is 0. The topological polar surface area (TPSA) is 129 Å². The van der Waals surface area contributed by atoms with Crippen LogP contribution in [0.3, 0.4) is 0 Å². The quantitative estimate of drug-likeness (QED) is 0.680. The summed E-state index contributed by atoms with van der Waals surface area (Å²) >= 11 is 1.71. The molecule has 2 aromatic heterocycles. The first-order valence-corrected chi connectivity index (χ1v) is 9.29. The van der Waals surface area contributed by atoms with Gasteiger partial charge < -0.3 is 25.4 Å². The Hall–Kier alpha value is -1.46. The van der Waals surface area contributed by atoms with Gasteiger partial charge in [-0.1, -0.05) is 0 Å². The Morgan fingerprint density at radius 2 is 2.16 bits per heavy atom. The van der Waals surface area contributed by atoms with Gasteiger partial charge in [-0.2, -0.15) is 11.8 Å². The van der Waals surface area contributed by atoms with E-state index < -0.39 is 24.5 Å². The Labute approximate surface area is 148 Å². The third-order valence-electron chi connectivity index (χ3n) is 4.78. The Bertz CT molecular complexity index is 759. The van der Waals surface area contributed by atoms with Crippen LogP contribution in [0.2, 0.25) is 0 Å². The Balaban J connectivity index is 1.50. The summed E-state index contributed by atoms with van der Waals surface area (Å²) in [6.07, 6.45) is 0.723. The molecule has 2 aromatic rings. The van der Waals surface area contributed by atoms with Gasteiger partial charge in [-0.25, -0.2) is 15.0 Å². The van der Waals surface area contributed by atoms with E-state index in [0.717, 1.165) is 13.0 Å². The predicted octanol–water partition coefficient (Wildman–Crippen LogP) is -0.0617. The molecule has 0 radical (unpaired) electrons. The van der Waals surface area contributed by atoms with Crippen LogP contribution in [0.5, 0.6) is 0 Å². The third-order valence-corrected chi connectivity index (χ3v) is 6.35. The van der Waals surface area contributed by atoms with Crippen molar-refractivity contribution in [1.82, 2.24) is 19.5 Å². The van der Waals surface area contributed by atoms with E-state index in [4.69, 9.17) is 15.2 Å². The summed E-state index contributed by atoms with van der Waals surface area (Å²) in [4.78, 5) is 12.2. The molecule has 0 spiro atoms. The van der Waals surface area contributed by atoms with Gasteiger partial charge in [0, 0.05) is 17.6 Å². The summed E-state index contributed by atoms with van der Waals surface area (Å²) in [6.45, 7) is 2.82. The summed E-state index contributed by atoms with van der Waals surface area (Å²) in [5, 5.41) is 21.2. The Kier molecular flexibility index (Phi) is 4.54. The van der Waals surface area contributed by atoms with Gasteiger partial charge in [0.05, 0.1) is 18.5 Å². The largest absolute Gasteiger partial charge is 0.387 e. The van der Waals surface area contributed by atoms with Crippen LogP contribution in [0.1, 0.15) is 19.6 Å². The third kappa shape index (κ3) is 2.97. The number of thioether (sulfide) groups is 1. The van der Waals surface area contributed by atoms with E-state index in [1.54, 1.807) is 16.3 Å². The highest BCUT2D eigenvalue weighted by Crippen LogP contribution is 2.35. The van der Waals surface area contributed by atoms with Gasteiger partial charge in [0.2, 0.25) is 0 Å². The second kappa shape index (κ2) is 6.69. The van der Waals surface area contributed by atoms with Crippen molar-refractivity contribution in [3.05, 3.63) is 12.7 Å². The van der Waals surface area contributed by atoms with Gasteiger partial charge in [0.25, 0.3) is 0 Å². The van der Waals surface area contributed by atoms with Gasteiger partial charge in [0.15, 0.2) is 17.7 Å². The maximum absolute atomic E-state index is 10.4. The van der Waals surface area contributed by atoms with Crippen LogP contribution in [0.25, 0.3) is 11.2 Å². The number of nitrogens with zero attached hydrogens (tertiary/aromatic N) is 4. The molecule has 0 aliphatic carbocycles. The number of anilines is 1. The fraction of sp³-hybridized carbons (Fsp3) is 0.667. The molecular formula is C15H21N5O4S. The van der Waals surface area contributed by atoms with Gasteiger partial charge >= 0.3 is 0 Å². The van der Waals surface area contributed by atoms with E-state index in [0.29, 0.717) is 22.2 Å². The Morgan fingerprint density at radius 3 is 2.92 bits per heavy atom. The van der Waals surface area contributed by atoms with E-state index in [1.165, 1.54) is 12.7 Å². The average molecular weight is 367 g/mol. The maximum Gasteiger partial charge on any atom is 0.167 e.